The van der Waals surface area contributed by atoms with Gasteiger partial charge in [-0.2, -0.15) is 0 Å². The molecule has 0 bridgehead atoms. The summed E-state index contributed by atoms with van der Waals surface area (Å²) in [6.07, 6.45) is 1.25. The molecule has 2 N–H and O–H groups in total. The highest BCUT2D eigenvalue weighted by Gasteiger charge is 2.36. The van der Waals surface area contributed by atoms with Crippen molar-refractivity contribution in [3.8, 4) is 5.75 Å². The second kappa shape index (κ2) is 8.38. The van der Waals surface area contributed by atoms with Crippen LogP contribution < -0.4 is 15.4 Å². The summed E-state index contributed by atoms with van der Waals surface area (Å²) in [5, 5.41) is 9.68. The molecule has 4 aromatic rings. The summed E-state index contributed by atoms with van der Waals surface area (Å²) in [5.74, 6) is 1.10. The first-order chi connectivity index (χ1) is 16.7. The highest BCUT2D eigenvalue weighted by molar-refractivity contribution is 6.02. The van der Waals surface area contributed by atoms with E-state index in [0.717, 1.165) is 51.3 Å². The number of nitrogens with one attached hydrogen (secondary N) is 2. The van der Waals surface area contributed by atoms with Crippen LogP contribution in [0.4, 0.5) is 11.4 Å². The van der Waals surface area contributed by atoms with Gasteiger partial charge in [-0.1, -0.05) is 66.7 Å². The number of carbonyl (C=O) groups is 1. The van der Waals surface area contributed by atoms with E-state index < -0.39 is 0 Å². The predicted octanol–water partition coefficient (Wildman–Crippen LogP) is 6.83. The fourth-order valence-corrected chi connectivity index (χ4v) is 5.36. The first-order valence-electron chi connectivity index (χ1n) is 11.7. The van der Waals surface area contributed by atoms with Crippen molar-refractivity contribution in [2.75, 3.05) is 17.7 Å². The number of ether oxygens (including phenoxy) is 1. The predicted molar refractivity (Wildman–Crippen MR) is 137 cm³/mol. The highest BCUT2D eigenvalue weighted by atomic mass is 16.5. The summed E-state index contributed by atoms with van der Waals surface area (Å²) in [6, 6.07) is 30.8. The van der Waals surface area contributed by atoms with E-state index >= 15 is 0 Å². The van der Waals surface area contributed by atoms with Crippen LogP contribution in [0.25, 0.3) is 10.8 Å². The smallest absolute Gasteiger partial charge is 0.163 e. The number of allylic oxidation sites excluding steroid dienone is 1. The van der Waals surface area contributed by atoms with Crippen molar-refractivity contribution in [2.45, 2.75) is 24.8 Å². The number of para-hydroxylation sites is 2. The minimum atomic E-state index is -0.226. The van der Waals surface area contributed by atoms with Gasteiger partial charge in [-0.05, 0) is 58.5 Å². The van der Waals surface area contributed by atoms with E-state index in [9.17, 15) is 4.79 Å². The Balaban J connectivity index is 1.50. The minimum Gasteiger partial charge on any atom is -0.497 e. The summed E-state index contributed by atoms with van der Waals surface area (Å²) >= 11 is 0. The van der Waals surface area contributed by atoms with E-state index in [1.807, 2.05) is 24.3 Å². The van der Waals surface area contributed by atoms with Gasteiger partial charge in [0.1, 0.15) is 5.75 Å². The zero-order valence-electron chi connectivity index (χ0n) is 19.0. The topological polar surface area (TPSA) is 50.4 Å². The van der Waals surface area contributed by atoms with Gasteiger partial charge in [-0.3, -0.25) is 4.79 Å². The Labute approximate surface area is 199 Å². The van der Waals surface area contributed by atoms with Gasteiger partial charge >= 0.3 is 0 Å². The molecule has 2 unspecified atom stereocenters. The molecular weight excluding hydrogens is 420 g/mol. The first kappa shape index (κ1) is 20.5. The number of anilines is 2. The second-order valence-corrected chi connectivity index (χ2v) is 9.01. The van der Waals surface area contributed by atoms with E-state index in [0.29, 0.717) is 6.42 Å². The summed E-state index contributed by atoms with van der Waals surface area (Å²) in [7, 11) is 1.68. The monoisotopic (exact) mass is 446 g/mol. The van der Waals surface area contributed by atoms with Gasteiger partial charge in [0.15, 0.2) is 5.78 Å². The van der Waals surface area contributed by atoms with Gasteiger partial charge in [0, 0.05) is 17.7 Å². The lowest BCUT2D eigenvalue weighted by Crippen LogP contribution is -2.27. The number of hydrogen-bond donors (Lipinski definition) is 2. The zero-order chi connectivity index (χ0) is 23.1. The van der Waals surface area contributed by atoms with Crippen molar-refractivity contribution in [2.24, 2.45) is 0 Å². The van der Waals surface area contributed by atoms with Crippen LogP contribution in [0.15, 0.2) is 102 Å². The average molecular weight is 447 g/mol. The van der Waals surface area contributed by atoms with Crippen LogP contribution in [-0.2, 0) is 4.79 Å². The van der Waals surface area contributed by atoms with Gasteiger partial charge < -0.3 is 15.4 Å². The van der Waals surface area contributed by atoms with Crippen molar-refractivity contribution >= 4 is 27.9 Å². The van der Waals surface area contributed by atoms with Crippen molar-refractivity contribution in [1.29, 1.82) is 0 Å². The highest BCUT2D eigenvalue weighted by Crippen LogP contribution is 2.45. The standard InChI is InChI=1S/C30H26N2O2/c1-34-22-11-6-10-20(16-22)21-17-27-29(28(33)18-21)30(32-26-15-5-4-14-25(26)31-27)24-13-7-9-19-8-2-3-12-23(19)24/h2-16,21,30-32H,17-18H2,1H3. The molecule has 4 nitrogen and oxygen atoms in total. The summed E-state index contributed by atoms with van der Waals surface area (Å²) in [5.41, 5.74) is 6.09. The zero-order valence-corrected chi connectivity index (χ0v) is 19.0. The molecule has 0 aromatic heterocycles. The third-order valence-corrected chi connectivity index (χ3v) is 7.01. The van der Waals surface area contributed by atoms with Crippen LogP contribution in [-0.4, -0.2) is 12.9 Å². The summed E-state index contributed by atoms with van der Waals surface area (Å²) in [4.78, 5) is 13.8. The molecule has 34 heavy (non-hydrogen) atoms. The molecular formula is C30H26N2O2. The lowest BCUT2D eigenvalue weighted by Gasteiger charge is -2.30. The third-order valence-electron chi connectivity index (χ3n) is 7.01. The molecule has 2 aliphatic rings. The number of fused-ring (bicyclic) bond motifs is 2. The molecule has 4 heteroatoms. The molecule has 0 amide bonds. The molecule has 1 aliphatic carbocycles. The maximum absolute atomic E-state index is 13.8. The van der Waals surface area contributed by atoms with Gasteiger partial charge in [-0.15, -0.1) is 0 Å². The Morgan fingerprint density at radius 1 is 0.824 bits per heavy atom. The van der Waals surface area contributed by atoms with Crippen LogP contribution in [0.5, 0.6) is 5.75 Å². The molecule has 4 aromatic carbocycles. The Hall–Kier alpha value is -4.05. The minimum absolute atomic E-state index is 0.104. The van der Waals surface area contributed by atoms with Crippen molar-refractivity contribution in [1.82, 2.24) is 0 Å². The van der Waals surface area contributed by atoms with Gasteiger partial charge in [0.25, 0.3) is 0 Å². The van der Waals surface area contributed by atoms with Crippen LogP contribution in [0.1, 0.15) is 35.9 Å². The van der Waals surface area contributed by atoms with Crippen LogP contribution >= 0.6 is 0 Å². The molecule has 0 fully saturated rings. The normalized spacial score (nSPS) is 19.5. The summed E-state index contributed by atoms with van der Waals surface area (Å²) in [6.45, 7) is 0. The molecule has 1 heterocycles. The molecule has 0 saturated heterocycles. The Kier molecular flexibility index (Phi) is 5.06. The van der Waals surface area contributed by atoms with E-state index in [4.69, 9.17) is 4.74 Å². The van der Waals surface area contributed by atoms with E-state index in [1.165, 1.54) is 5.39 Å². The van der Waals surface area contributed by atoms with E-state index in [1.54, 1.807) is 7.11 Å². The van der Waals surface area contributed by atoms with E-state index in [2.05, 4.69) is 77.4 Å². The maximum atomic E-state index is 13.8. The Bertz CT molecular complexity index is 1430. The molecule has 0 radical (unpaired) electrons. The number of rotatable bonds is 3. The molecule has 2 atom stereocenters. The molecule has 168 valence electrons. The quantitative estimate of drug-likeness (QED) is 0.362. The number of carbonyl (C=O) groups excluding carboxylic acids is 1. The van der Waals surface area contributed by atoms with Crippen LogP contribution in [0.2, 0.25) is 0 Å². The largest absolute Gasteiger partial charge is 0.497 e. The van der Waals surface area contributed by atoms with E-state index in [-0.39, 0.29) is 17.7 Å². The molecule has 1 aliphatic heterocycles. The number of benzene rings is 4. The number of methoxy groups -OCH3 is 1. The fourth-order valence-electron chi connectivity index (χ4n) is 5.36. The SMILES string of the molecule is COc1cccc(C2CC(=O)C3=C(C2)Nc2ccccc2NC3c2cccc3ccccc23)c1. The molecule has 0 saturated carbocycles. The third kappa shape index (κ3) is 3.52. The number of Topliss-reactive ketones (excluding diaryl/α,β-unsaturated/α-hetero) is 1. The maximum Gasteiger partial charge on any atom is 0.163 e. The first-order valence-corrected chi connectivity index (χ1v) is 11.7. The lowest BCUT2D eigenvalue weighted by atomic mass is 9.78. The lowest BCUT2D eigenvalue weighted by molar-refractivity contribution is -0.116. The van der Waals surface area contributed by atoms with Gasteiger partial charge in [-0.25, -0.2) is 0 Å². The number of ketones is 1. The van der Waals surface area contributed by atoms with Gasteiger partial charge in [0.2, 0.25) is 0 Å². The molecule has 0 spiro atoms. The Morgan fingerprint density at radius 2 is 1.59 bits per heavy atom. The average Bonchev–Trinajstić information content (AvgIpc) is 3.05. The second-order valence-electron chi connectivity index (χ2n) is 9.01. The number of hydrogen-bond acceptors (Lipinski definition) is 4. The van der Waals surface area contributed by atoms with Crippen LogP contribution in [0.3, 0.4) is 0 Å². The molecule has 6 rings (SSSR count). The summed E-state index contributed by atoms with van der Waals surface area (Å²) < 4.78 is 5.44. The van der Waals surface area contributed by atoms with Crippen molar-refractivity contribution in [3.63, 3.8) is 0 Å². The fraction of sp³-hybridized carbons (Fsp3) is 0.167. The van der Waals surface area contributed by atoms with Crippen molar-refractivity contribution < 1.29 is 9.53 Å². The van der Waals surface area contributed by atoms with Gasteiger partial charge in [0.05, 0.1) is 24.5 Å². The van der Waals surface area contributed by atoms with Crippen LogP contribution in [0, 0.1) is 0 Å². The Morgan fingerprint density at radius 3 is 2.47 bits per heavy atom. The van der Waals surface area contributed by atoms with Crippen molar-refractivity contribution in [3.05, 3.63) is 113 Å².